The van der Waals surface area contributed by atoms with Crippen LogP contribution in [0.5, 0.6) is 0 Å². The second kappa shape index (κ2) is 8.66. The van der Waals surface area contributed by atoms with Crippen molar-refractivity contribution in [3.63, 3.8) is 0 Å². The van der Waals surface area contributed by atoms with Crippen molar-refractivity contribution in [1.82, 2.24) is 0 Å². The van der Waals surface area contributed by atoms with Crippen LogP contribution in [0.3, 0.4) is 0 Å². The van der Waals surface area contributed by atoms with Gasteiger partial charge in [0.25, 0.3) is 0 Å². The summed E-state index contributed by atoms with van der Waals surface area (Å²) in [6, 6.07) is 30.5. The summed E-state index contributed by atoms with van der Waals surface area (Å²) >= 11 is 0.176. The van der Waals surface area contributed by atoms with Crippen molar-refractivity contribution in [1.29, 1.82) is 0 Å². The Hall–Kier alpha value is -2.35. The second-order valence-corrected chi connectivity index (χ2v) is 8.45. The van der Waals surface area contributed by atoms with Gasteiger partial charge in [-0.15, -0.1) is 0 Å². The topological polar surface area (TPSA) is 26.1 Å². The van der Waals surface area contributed by atoms with Gasteiger partial charge in [0.15, 0.2) is 0 Å². The Labute approximate surface area is 155 Å². The summed E-state index contributed by atoms with van der Waals surface area (Å²) in [6.07, 6.45) is 1.70. The van der Waals surface area contributed by atoms with E-state index in [9.17, 15) is 5.21 Å². The van der Waals surface area contributed by atoms with Gasteiger partial charge in [-0.3, -0.25) is 0 Å². The molecule has 3 rings (SSSR count). The Morgan fingerprint density at radius 1 is 0.800 bits per heavy atom. The fourth-order valence-electron chi connectivity index (χ4n) is 2.67. The Morgan fingerprint density at radius 3 is 1.92 bits per heavy atom. The van der Waals surface area contributed by atoms with Gasteiger partial charge < -0.3 is 0 Å². The van der Waals surface area contributed by atoms with Crippen LogP contribution in [-0.4, -0.2) is 32.0 Å². The Balaban J connectivity index is 1.89. The minimum atomic E-state index is -0.136. The second-order valence-electron chi connectivity index (χ2n) is 5.90. The van der Waals surface area contributed by atoms with E-state index < -0.39 is 0 Å². The van der Waals surface area contributed by atoms with E-state index in [1.807, 2.05) is 61.5 Å². The first-order valence-corrected chi connectivity index (χ1v) is 10.2. The zero-order chi connectivity index (χ0) is 17.5. The van der Waals surface area contributed by atoms with Crippen molar-refractivity contribution >= 4 is 25.6 Å². The van der Waals surface area contributed by atoms with Crippen LogP contribution in [0.2, 0.25) is 0 Å². The molecule has 0 aliphatic heterocycles. The first-order chi connectivity index (χ1) is 12.2. The normalized spacial score (nSPS) is 14.0. The van der Waals surface area contributed by atoms with E-state index in [0.29, 0.717) is 0 Å². The summed E-state index contributed by atoms with van der Waals surface area (Å²) in [5, 5.41) is 12.8. The van der Waals surface area contributed by atoms with Crippen molar-refractivity contribution in [2.75, 3.05) is 0 Å². The van der Waals surface area contributed by atoms with Gasteiger partial charge in [-0.05, 0) is 0 Å². The molecule has 25 heavy (non-hydrogen) atoms. The molecule has 0 aromatic heterocycles. The molecule has 0 aliphatic rings. The van der Waals surface area contributed by atoms with Crippen LogP contribution in [-0.2, 0) is 0 Å². The van der Waals surface area contributed by atoms with Gasteiger partial charge in [-0.25, -0.2) is 0 Å². The fraction of sp³-hybridized carbons (Fsp3) is 0.136. The molecule has 0 saturated carbocycles. The maximum absolute atomic E-state index is 12.8. The van der Waals surface area contributed by atoms with Crippen LogP contribution in [0.25, 0.3) is 0 Å². The van der Waals surface area contributed by atoms with E-state index in [1.54, 1.807) is 6.21 Å². The molecule has 0 unspecified atom stereocenters. The molecule has 3 heteroatoms. The molecule has 0 fully saturated rings. The summed E-state index contributed by atoms with van der Waals surface area (Å²) in [7, 11) is 0. The quantitative estimate of drug-likeness (QED) is 0.206. The number of benzene rings is 3. The molecule has 0 bridgehead atoms. The van der Waals surface area contributed by atoms with Crippen molar-refractivity contribution < 1.29 is 4.74 Å². The Bertz CT molecular complexity index is 803. The molecule has 0 amide bonds. The van der Waals surface area contributed by atoms with Crippen LogP contribution in [0.15, 0.2) is 91.0 Å². The van der Waals surface area contributed by atoms with Gasteiger partial charge in [-0.1, -0.05) is 0 Å². The first kappa shape index (κ1) is 17.5. The SMILES string of the molecule is C[C@H]([C@@H]([Se]c1ccccc1)c1ccccc1)/[N+]([O-])=C/c1ccccc1. The van der Waals surface area contributed by atoms with Crippen molar-refractivity contribution in [3.8, 4) is 0 Å². The predicted molar refractivity (Wildman–Crippen MR) is 106 cm³/mol. The monoisotopic (exact) mass is 395 g/mol. The summed E-state index contributed by atoms with van der Waals surface area (Å²) in [6.45, 7) is 2.02. The van der Waals surface area contributed by atoms with Gasteiger partial charge >= 0.3 is 155 Å². The van der Waals surface area contributed by atoms with E-state index in [-0.39, 0.29) is 25.8 Å². The zero-order valence-corrected chi connectivity index (χ0v) is 15.9. The van der Waals surface area contributed by atoms with Crippen LogP contribution in [0, 0.1) is 5.21 Å². The third-order valence-electron chi connectivity index (χ3n) is 4.05. The fourth-order valence-corrected chi connectivity index (χ4v) is 5.23. The van der Waals surface area contributed by atoms with E-state index >= 15 is 0 Å². The average Bonchev–Trinajstić information content (AvgIpc) is 2.68. The van der Waals surface area contributed by atoms with Gasteiger partial charge in [0.05, 0.1) is 0 Å². The Kier molecular flexibility index (Phi) is 6.05. The van der Waals surface area contributed by atoms with Gasteiger partial charge in [0.2, 0.25) is 0 Å². The molecule has 3 aromatic carbocycles. The summed E-state index contributed by atoms with van der Waals surface area (Å²) in [5.74, 6) is 0. The van der Waals surface area contributed by atoms with Crippen molar-refractivity contribution in [3.05, 3.63) is 107 Å². The summed E-state index contributed by atoms with van der Waals surface area (Å²) in [4.78, 5) is 0.188. The maximum atomic E-state index is 12.8. The molecule has 126 valence electrons. The molecule has 2 nitrogen and oxygen atoms in total. The summed E-state index contributed by atoms with van der Waals surface area (Å²) < 4.78 is 2.42. The number of rotatable bonds is 6. The van der Waals surface area contributed by atoms with Crippen LogP contribution in [0.1, 0.15) is 22.9 Å². The predicted octanol–water partition coefficient (Wildman–Crippen LogP) is 3.78. The molecule has 3 aromatic rings. The van der Waals surface area contributed by atoms with E-state index in [1.165, 1.54) is 10.0 Å². The number of nitrogens with zero attached hydrogens (tertiary/aromatic N) is 1. The third-order valence-corrected chi connectivity index (χ3v) is 7.12. The molecule has 0 aliphatic carbocycles. The van der Waals surface area contributed by atoms with Crippen LogP contribution < -0.4 is 4.46 Å². The molecule has 2 atom stereocenters. The van der Waals surface area contributed by atoms with E-state index in [2.05, 4.69) is 36.4 Å². The van der Waals surface area contributed by atoms with Gasteiger partial charge in [0.1, 0.15) is 0 Å². The molecular weight excluding hydrogens is 373 g/mol. The van der Waals surface area contributed by atoms with Crippen LogP contribution >= 0.6 is 0 Å². The van der Waals surface area contributed by atoms with Crippen molar-refractivity contribution in [2.24, 2.45) is 0 Å². The standard InChI is InChI=1S/C22H21NOSe/c1-18(23(24)17-19-11-5-2-6-12-19)22(20-13-7-3-8-14-20)25-21-15-9-4-10-16-21/h2-18,22H,1H3/b23-17-/t18-,22-/m1/s1. The molecule has 0 N–H and O–H groups in total. The molecule has 0 heterocycles. The molecule has 0 spiro atoms. The minimum absolute atomic E-state index is 0.136. The first-order valence-electron chi connectivity index (χ1n) is 8.36. The van der Waals surface area contributed by atoms with Crippen LogP contribution in [0.4, 0.5) is 0 Å². The third kappa shape index (κ3) is 4.82. The Morgan fingerprint density at radius 2 is 1.32 bits per heavy atom. The number of hydroxylamine groups is 1. The molecule has 0 saturated heterocycles. The average molecular weight is 394 g/mol. The zero-order valence-electron chi connectivity index (χ0n) is 14.2. The van der Waals surface area contributed by atoms with Gasteiger partial charge in [0, 0.05) is 0 Å². The van der Waals surface area contributed by atoms with E-state index in [4.69, 9.17) is 0 Å². The number of hydrogen-bond donors (Lipinski definition) is 0. The number of hydrogen-bond acceptors (Lipinski definition) is 1. The molecule has 0 radical (unpaired) electrons. The van der Waals surface area contributed by atoms with Crippen molar-refractivity contribution in [2.45, 2.75) is 17.8 Å². The van der Waals surface area contributed by atoms with E-state index in [0.717, 1.165) is 10.3 Å². The molecular formula is C22H21NOSe. The van der Waals surface area contributed by atoms with Gasteiger partial charge in [-0.2, -0.15) is 0 Å². The summed E-state index contributed by atoms with van der Waals surface area (Å²) in [5.41, 5.74) is 2.16.